The Hall–Kier alpha value is -2.24. The number of aryl methyl sites for hydroxylation is 1. The minimum Gasteiger partial charge on any atom is -0.507 e. The topological polar surface area (TPSA) is 83.8 Å². The predicted octanol–water partition coefficient (Wildman–Crippen LogP) is 3.50. The molecule has 0 saturated carbocycles. The Balaban J connectivity index is 2.45. The van der Waals surface area contributed by atoms with Gasteiger partial charge < -0.3 is 14.9 Å². The first-order chi connectivity index (χ1) is 10.8. The number of phenols is 2. The highest BCUT2D eigenvalue weighted by Crippen LogP contribution is 2.48. The zero-order valence-corrected chi connectivity index (χ0v) is 13.5. The molecular formula is C16H10Cl2O5. The molecule has 0 atom stereocenters. The molecule has 2 aromatic carbocycles. The summed E-state index contributed by atoms with van der Waals surface area (Å²) < 4.78 is 5.00. The molecule has 0 heterocycles. The smallest absolute Gasteiger partial charge is 0.202 e. The normalized spacial score (nSPS) is 12.9. The van der Waals surface area contributed by atoms with Crippen molar-refractivity contribution in [2.75, 3.05) is 7.11 Å². The minimum absolute atomic E-state index is 0.0191. The van der Waals surface area contributed by atoms with Gasteiger partial charge in [0.05, 0.1) is 28.8 Å². The van der Waals surface area contributed by atoms with Gasteiger partial charge in [0, 0.05) is 5.56 Å². The summed E-state index contributed by atoms with van der Waals surface area (Å²) in [5.74, 6) is -2.36. The van der Waals surface area contributed by atoms with E-state index in [0.717, 1.165) is 0 Å². The largest absolute Gasteiger partial charge is 0.507 e. The van der Waals surface area contributed by atoms with Crippen molar-refractivity contribution in [3.8, 4) is 17.2 Å². The number of rotatable bonds is 1. The van der Waals surface area contributed by atoms with Gasteiger partial charge in [0.1, 0.15) is 16.5 Å². The molecule has 1 aliphatic rings. The van der Waals surface area contributed by atoms with Crippen LogP contribution in [-0.2, 0) is 0 Å². The third kappa shape index (κ3) is 2.00. The SMILES string of the molecule is COc1c(Cl)c(O)c2c(c1Cl)C(=O)c1cc(C)cc(O)c1C2=O. The molecule has 0 spiro atoms. The highest BCUT2D eigenvalue weighted by molar-refractivity contribution is 6.44. The molecular weight excluding hydrogens is 343 g/mol. The quantitative estimate of drug-likeness (QED) is 0.700. The number of carbonyl (C=O) groups is 2. The van der Waals surface area contributed by atoms with Gasteiger partial charge in [-0.1, -0.05) is 23.2 Å². The molecule has 5 nitrogen and oxygen atoms in total. The van der Waals surface area contributed by atoms with Crippen molar-refractivity contribution in [3.63, 3.8) is 0 Å². The van der Waals surface area contributed by atoms with Crippen molar-refractivity contribution in [1.29, 1.82) is 0 Å². The van der Waals surface area contributed by atoms with Gasteiger partial charge in [0.15, 0.2) is 11.5 Å². The average molecular weight is 353 g/mol. The lowest BCUT2D eigenvalue weighted by Crippen LogP contribution is -2.22. The number of ether oxygens (including phenoxy) is 1. The Kier molecular flexibility index (Phi) is 3.50. The zero-order chi connectivity index (χ0) is 17.0. The molecule has 0 fully saturated rings. The maximum atomic E-state index is 12.8. The molecule has 0 aliphatic heterocycles. The minimum atomic E-state index is -0.726. The summed E-state index contributed by atoms with van der Waals surface area (Å²) in [6.45, 7) is 1.68. The van der Waals surface area contributed by atoms with Gasteiger partial charge >= 0.3 is 0 Å². The van der Waals surface area contributed by atoms with E-state index in [9.17, 15) is 19.8 Å². The Bertz CT molecular complexity index is 902. The van der Waals surface area contributed by atoms with E-state index in [-0.39, 0.29) is 43.8 Å². The summed E-state index contributed by atoms with van der Waals surface area (Å²) in [7, 11) is 1.28. The van der Waals surface area contributed by atoms with Crippen molar-refractivity contribution in [3.05, 3.63) is 50.0 Å². The van der Waals surface area contributed by atoms with E-state index in [1.54, 1.807) is 6.92 Å². The summed E-state index contributed by atoms with van der Waals surface area (Å²) in [5.41, 5.74) is -0.0798. The van der Waals surface area contributed by atoms with E-state index in [2.05, 4.69) is 0 Å². The maximum Gasteiger partial charge on any atom is 0.202 e. The van der Waals surface area contributed by atoms with E-state index in [1.165, 1.54) is 19.2 Å². The van der Waals surface area contributed by atoms with Crippen LogP contribution in [0.25, 0.3) is 0 Å². The summed E-state index contributed by atoms with van der Waals surface area (Å²) in [6, 6.07) is 2.84. The van der Waals surface area contributed by atoms with Gasteiger partial charge in [0.2, 0.25) is 5.78 Å². The summed E-state index contributed by atoms with van der Waals surface area (Å²) >= 11 is 12.1. The molecule has 118 valence electrons. The molecule has 23 heavy (non-hydrogen) atoms. The van der Waals surface area contributed by atoms with Crippen molar-refractivity contribution in [2.24, 2.45) is 0 Å². The lowest BCUT2D eigenvalue weighted by Gasteiger charge is -2.22. The van der Waals surface area contributed by atoms with Gasteiger partial charge in [-0.3, -0.25) is 9.59 Å². The third-order valence-corrected chi connectivity index (χ3v) is 4.42. The Morgan fingerprint density at radius 1 is 0.957 bits per heavy atom. The fraction of sp³-hybridized carbons (Fsp3) is 0.125. The molecule has 0 saturated heterocycles. The Morgan fingerprint density at radius 3 is 2.22 bits per heavy atom. The lowest BCUT2D eigenvalue weighted by atomic mass is 9.82. The number of ketones is 2. The van der Waals surface area contributed by atoms with E-state index in [1.807, 2.05) is 0 Å². The number of benzene rings is 2. The van der Waals surface area contributed by atoms with Crippen LogP contribution in [0.4, 0.5) is 0 Å². The molecule has 7 heteroatoms. The van der Waals surface area contributed by atoms with E-state index in [4.69, 9.17) is 27.9 Å². The van der Waals surface area contributed by atoms with Crippen LogP contribution in [0, 0.1) is 6.92 Å². The van der Waals surface area contributed by atoms with Crippen molar-refractivity contribution >= 4 is 34.8 Å². The number of aromatic hydroxyl groups is 2. The van der Waals surface area contributed by atoms with Gasteiger partial charge in [-0.05, 0) is 24.6 Å². The first-order valence-electron chi connectivity index (χ1n) is 6.50. The Labute approximate surface area is 141 Å². The first-order valence-corrected chi connectivity index (χ1v) is 7.26. The maximum absolute atomic E-state index is 12.8. The van der Waals surface area contributed by atoms with E-state index >= 15 is 0 Å². The molecule has 0 radical (unpaired) electrons. The molecule has 2 aromatic rings. The van der Waals surface area contributed by atoms with Crippen LogP contribution in [0.5, 0.6) is 17.2 Å². The third-order valence-electron chi connectivity index (χ3n) is 3.70. The monoisotopic (exact) mass is 352 g/mol. The molecule has 0 amide bonds. The van der Waals surface area contributed by atoms with Gasteiger partial charge in [0.25, 0.3) is 0 Å². The molecule has 0 unspecified atom stereocenters. The van der Waals surface area contributed by atoms with E-state index < -0.39 is 17.3 Å². The van der Waals surface area contributed by atoms with Crippen molar-refractivity contribution in [1.82, 2.24) is 0 Å². The van der Waals surface area contributed by atoms with Crippen LogP contribution >= 0.6 is 23.2 Å². The molecule has 2 N–H and O–H groups in total. The van der Waals surface area contributed by atoms with Gasteiger partial charge in [-0.2, -0.15) is 0 Å². The molecule has 3 rings (SSSR count). The average Bonchev–Trinajstić information content (AvgIpc) is 2.48. The number of halogens is 2. The molecule has 0 bridgehead atoms. The van der Waals surface area contributed by atoms with Gasteiger partial charge in [-0.15, -0.1) is 0 Å². The van der Waals surface area contributed by atoms with Crippen LogP contribution in [0.1, 0.15) is 37.4 Å². The Morgan fingerprint density at radius 2 is 1.61 bits per heavy atom. The standard InChI is InChI=1S/C16H10Cl2O5/c1-5-3-6-8(7(19)4-5)14(21)10-9(13(6)20)11(17)16(23-2)12(18)15(10)22/h3-4,19,22H,1-2H3. The van der Waals surface area contributed by atoms with Gasteiger partial charge in [-0.25, -0.2) is 0 Å². The highest BCUT2D eigenvalue weighted by atomic mass is 35.5. The second-order valence-electron chi connectivity index (χ2n) is 5.12. The first kappa shape index (κ1) is 15.6. The number of methoxy groups -OCH3 is 1. The summed E-state index contributed by atoms with van der Waals surface area (Å²) in [6.07, 6.45) is 0. The van der Waals surface area contributed by atoms with Crippen LogP contribution in [0.15, 0.2) is 12.1 Å². The van der Waals surface area contributed by atoms with Crippen LogP contribution in [0.2, 0.25) is 10.0 Å². The number of fused-ring (bicyclic) bond motifs is 2. The summed E-state index contributed by atoms with van der Waals surface area (Å²) in [4.78, 5) is 25.4. The molecule has 1 aliphatic carbocycles. The second-order valence-corrected chi connectivity index (χ2v) is 5.88. The number of hydrogen-bond acceptors (Lipinski definition) is 5. The highest BCUT2D eigenvalue weighted by Gasteiger charge is 2.39. The summed E-state index contributed by atoms with van der Waals surface area (Å²) in [5, 5.41) is 19.8. The number of hydrogen-bond donors (Lipinski definition) is 2. The van der Waals surface area contributed by atoms with Crippen LogP contribution in [-0.4, -0.2) is 28.9 Å². The number of carbonyl (C=O) groups excluding carboxylic acids is 2. The lowest BCUT2D eigenvalue weighted by molar-refractivity contribution is 0.0974. The second kappa shape index (κ2) is 5.15. The van der Waals surface area contributed by atoms with Crippen LogP contribution < -0.4 is 4.74 Å². The van der Waals surface area contributed by atoms with Crippen molar-refractivity contribution < 1.29 is 24.5 Å². The predicted molar refractivity (Wildman–Crippen MR) is 84.4 cm³/mol. The fourth-order valence-electron chi connectivity index (χ4n) is 2.71. The van der Waals surface area contributed by atoms with E-state index in [0.29, 0.717) is 5.56 Å². The number of phenolic OH excluding ortho intramolecular Hbond substituents is 2. The zero-order valence-electron chi connectivity index (χ0n) is 12.0. The molecule has 0 aromatic heterocycles. The fourth-order valence-corrected chi connectivity index (χ4v) is 3.38. The van der Waals surface area contributed by atoms with Crippen LogP contribution in [0.3, 0.4) is 0 Å². The van der Waals surface area contributed by atoms with Crippen molar-refractivity contribution in [2.45, 2.75) is 6.92 Å².